The molecule has 1 fully saturated rings. The lowest BCUT2D eigenvalue weighted by molar-refractivity contribution is 0.112. The van der Waals surface area contributed by atoms with E-state index in [1.165, 1.54) is 11.1 Å². The lowest BCUT2D eigenvalue weighted by Gasteiger charge is -2.30. The summed E-state index contributed by atoms with van der Waals surface area (Å²) in [6.07, 6.45) is 2.67. The molecule has 19 heavy (non-hydrogen) atoms. The average molecular weight is 284 g/mol. The second kappa shape index (κ2) is 5.88. The fourth-order valence-electron chi connectivity index (χ4n) is 2.03. The zero-order valence-corrected chi connectivity index (χ0v) is 10.9. The van der Waals surface area contributed by atoms with Crippen LogP contribution < -0.4 is 5.32 Å². The number of carboxylic acid groups (broad SMARTS) is 1. The molecule has 2 heterocycles. The predicted octanol–water partition coefficient (Wildman–Crippen LogP) is 2.10. The van der Waals surface area contributed by atoms with E-state index in [-0.39, 0.29) is 6.04 Å². The van der Waals surface area contributed by atoms with Crippen LogP contribution in [0, 0.1) is 0 Å². The lowest BCUT2D eigenvalue weighted by atomic mass is 10.1. The van der Waals surface area contributed by atoms with E-state index in [1.807, 2.05) is 0 Å². The zero-order chi connectivity index (χ0) is 13.8. The summed E-state index contributed by atoms with van der Waals surface area (Å²) in [6.45, 7) is 0.994. The van der Waals surface area contributed by atoms with E-state index in [4.69, 9.17) is 16.7 Å². The first-order valence-electron chi connectivity index (χ1n) is 5.95. The Morgan fingerprint density at radius 1 is 1.53 bits per heavy atom. The van der Waals surface area contributed by atoms with E-state index in [0.29, 0.717) is 48.6 Å². The van der Waals surface area contributed by atoms with E-state index >= 15 is 0 Å². The van der Waals surface area contributed by atoms with E-state index in [1.54, 1.807) is 6.07 Å². The van der Waals surface area contributed by atoms with Gasteiger partial charge in [0.1, 0.15) is 5.82 Å². The molecule has 102 valence electrons. The number of nitrogens with zero attached hydrogens (tertiary/aromatic N) is 2. The van der Waals surface area contributed by atoms with Gasteiger partial charge in [-0.15, -0.1) is 0 Å². The van der Waals surface area contributed by atoms with Crippen molar-refractivity contribution in [3.63, 3.8) is 0 Å². The molecular weight excluding hydrogens is 270 g/mol. The number of nitrogens with one attached hydrogen (secondary N) is 1. The van der Waals surface area contributed by atoms with Crippen molar-refractivity contribution in [2.24, 2.45) is 0 Å². The zero-order valence-electron chi connectivity index (χ0n) is 10.2. The Bertz CT molecular complexity index is 487. The number of aromatic nitrogens is 1. The number of anilines is 1. The molecule has 2 rings (SSSR count). The van der Waals surface area contributed by atoms with Crippen LogP contribution in [-0.4, -0.2) is 46.5 Å². The van der Waals surface area contributed by atoms with Gasteiger partial charge in [0.15, 0.2) is 6.29 Å². The maximum absolute atomic E-state index is 10.8. The van der Waals surface area contributed by atoms with Crippen LogP contribution in [0.25, 0.3) is 0 Å². The second-order valence-electron chi connectivity index (χ2n) is 4.41. The number of halogens is 1. The van der Waals surface area contributed by atoms with Crippen LogP contribution in [0.1, 0.15) is 23.2 Å². The number of hydrogen-bond acceptors (Lipinski definition) is 4. The van der Waals surface area contributed by atoms with Gasteiger partial charge in [-0.1, -0.05) is 11.6 Å². The molecule has 0 bridgehead atoms. The van der Waals surface area contributed by atoms with E-state index < -0.39 is 6.09 Å². The smallest absolute Gasteiger partial charge is 0.407 e. The average Bonchev–Trinajstić information content (AvgIpc) is 2.41. The molecule has 0 aliphatic carbocycles. The number of aldehydes is 1. The van der Waals surface area contributed by atoms with Crippen molar-refractivity contribution >= 4 is 29.8 Å². The summed E-state index contributed by atoms with van der Waals surface area (Å²) in [5.41, 5.74) is 0.427. The van der Waals surface area contributed by atoms with E-state index in [2.05, 4.69) is 10.3 Å². The highest BCUT2D eigenvalue weighted by Crippen LogP contribution is 2.22. The molecule has 1 aliphatic rings. The number of rotatable bonds is 3. The van der Waals surface area contributed by atoms with Gasteiger partial charge in [0.05, 0.1) is 5.02 Å². The van der Waals surface area contributed by atoms with Crippen molar-refractivity contribution < 1.29 is 14.7 Å². The minimum Gasteiger partial charge on any atom is -0.465 e. The van der Waals surface area contributed by atoms with Crippen molar-refractivity contribution in [3.8, 4) is 0 Å². The highest BCUT2D eigenvalue weighted by molar-refractivity contribution is 6.33. The first kappa shape index (κ1) is 13.6. The molecule has 1 aromatic rings. The quantitative estimate of drug-likeness (QED) is 0.830. The van der Waals surface area contributed by atoms with Gasteiger partial charge in [0, 0.05) is 30.9 Å². The molecule has 0 unspecified atom stereocenters. The van der Waals surface area contributed by atoms with E-state index in [9.17, 15) is 9.59 Å². The van der Waals surface area contributed by atoms with Gasteiger partial charge in [-0.3, -0.25) is 4.79 Å². The Morgan fingerprint density at radius 2 is 2.21 bits per heavy atom. The Hall–Kier alpha value is -1.82. The van der Waals surface area contributed by atoms with Gasteiger partial charge in [-0.2, -0.15) is 0 Å². The van der Waals surface area contributed by atoms with Gasteiger partial charge < -0.3 is 15.3 Å². The molecule has 1 amide bonds. The van der Waals surface area contributed by atoms with E-state index in [0.717, 1.165) is 0 Å². The van der Waals surface area contributed by atoms with Crippen LogP contribution in [0.5, 0.6) is 0 Å². The van der Waals surface area contributed by atoms with Crippen molar-refractivity contribution in [2.45, 2.75) is 18.9 Å². The minimum atomic E-state index is -0.884. The molecule has 2 N–H and O–H groups in total. The number of piperidine rings is 1. The SMILES string of the molecule is O=Cc1cnc(NC2CCN(C(=O)O)CC2)c(Cl)c1. The molecule has 1 aliphatic heterocycles. The topological polar surface area (TPSA) is 82.5 Å². The largest absolute Gasteiger partial charge is 0.465 e. The number of hydrogen-bond donors (Lipinski definition) is 2. The number of pyridine rings is 1. The Kier molecular flexibility index (Phi) is 4.21. The fraction of sp³-hybridized carbons (Fsp3) is 0.417. The molecule has 0 aromatic carbocycles. The number of amides is 1. The fourth-order valence-corrected chi connectivity index (χ4v) is 2.26. The third-order valence-electron chi connectivity index (χ3n) is 3.10. The maximum atomic E-state index is 10.8. The molecule has 1 saturated heterocycles. The van der Waals surface area contributed by atoms with Crippen LogP contribution in [-0.2, 0) is 0 Å². The summed E-state index contributed by atoms with van der Waals surface area (Å²) in [5.74, 6) is 0.529. The summed E-state index contributed by atoms with van der Waals surface area (Å²) in [4.78, 5) is 26.8. The maximum Gasteiger partial charge on any atom is 0.407 e. The summed E-state index contributed by atoms with van der Waals surface area (Å²) in [5, 5.41) is 12.4. The number of carbonyl (C=O) groups excluding carboxylic acids is 1. The van der Waals surface area contributed by atoms with Gasteiger partial charge in [-0.25, -0.2) is 9.78 Å². The highest BCUT2D eigenvalue weighted by Gasteiger charge is 2.22. The Morgan fingerprint density at radius 3 is 2.74 bits per heavy atom. The Balaban J connectivity index is 1.95. The van der Waals surface area contributed by atoms with Crippen molar-refractivity contribution in [2.75, 3.05) is 18.4 Å². The van der Waals surface area contributed by atoms with Gasteiger partial charge in [-0.05, 0) is 18.9 Å². The van der Waals surface area contributed by atoms with Crippen molar-refractivity contribution in [1.82, 2.24) is 9.88 Å². The van der Waals surface area contributed by atoms with Crippen LogP contribution in [0.15, 0.2) is 12.3 Å². The monoisotopic (exact) mass is 283 g/mol. The molecule has 0 spiro atoms. The predicted molar refractivity (Wildman–Crippen MR) is 70.9 cm³/mol. The summed E-state index contributed by atoms with van der Waals surface area (Å²) >= 11 is 6.02. The Labute approximate surface area is 115 Å². The highest BCUT2D eigenvalue weighted by atomic mass is 35.5. The molecular formula is C12H14ClN3O3. The lowest BCUT2D eigenvalue weighted by Crippen LogP contribution is -2.41. The normalized spacial score (nSPS) is 16.2. The van der Waals surface area contributed by atoms with Gasteiger partial charge in [0.2, 0.25) is 0 Å². The molecule has 6 nitrogen and oxygen atoms in total. The third-order valence-corrected chi connectivity index (χ3v) is 3.39. The van der Waals surface area contributed by atoms with Crippen LogP contribution in [0.2, 0.25) is 5.02 Å². The third kappa shape index (κ3) is 3.35. The first-order valence-corrected chi connectivity index (χ1v) is 6.33. The van der Waals surface area contributed by atoms with Crippen LogP contribution in [0.4, 0.5) is 10.6 Å². The summed E-state index contributed by atoms with van der Waals surface area (Å²) in [7, 11) is 0. The number of carbonyl (C=O) groups is 2. The molecule has 0 radical (unpaired) electrons. The molecule has 0 saturated carbocycles. The minimum absolute atomic E-state index is 0.141. The summed E-state index contributed by atoms with van der Waals surface area (Å²) < 4.78 is 0. The first-order chi connectivity index (χ1) is 9.10. The molecule has 7 heteroatoms. The van der Waals surface area contributed by atoms with Crippen LogP contribution >= 0.6 is 11.6 Å². The van der Waals surface area contributed by atoms with Crippen molar-refractivity contribution in [1.29, 1.82) is 0 Å². The summed E-state index contributed by atoms with van der Waals surface area (Å²) in [6, 6.07) is 1.69. The standard InChI is InChI=1S/C12H14ClN3O3/c13-10-5-8(7-17)6-14-11(10)15-9-1-3-16(4-2-9)12(18)19/h5-7,9H,1-4H2,(H,14,15)(H,18,19). The van der Waals surface area contributed by atoms with Gasteiger partial charge in [0.25, 0.3) is 0 Å². The van der Waals surface area contributed by atoms with Gasteiger partial charge >= 0.3 is 6.09 Å². The number of likely N-dealkylation sites (tertiary alicyclic amines) is 1. The molecule has 0 atom stereocenters. The van der Waals surface area contributed by atoms with Crippen LogP contribution in [0.3, 0.4) is 0 Å². The second-order valence-corrected chi connectivity index (χ2v) is 4.81. The van der Waals surface area contributed by atoms with Crippen molar-refractivity contribution in [3.05, 3.63) is 22.8 Å². The molecule has 1 aromatic heterocycles.